The maximum absolute atomic E-state index is 11.8. The molecule has 0 fully saturated rings. The summed E-state index contributed by atoms with van der Waals surface area (Å²) in [5.41, 5.74) is 2.84. The second-order valence-corrected chi connectivity index (χ2v) is 4.68. The smallest absolute Gasteiger partial charge is 0.251 e. The van der Waals surface area contributed by atoms with Gasteiger partial charge < -0.3 is 5.43 Å². The minimum atomic E-state index is -3.88. The molecule has 0 heterocycles. The highest BCUT2D eigenvalue weighted by atomic mass is 32.2. The molecule has 0 aromatic heterocycles. The van der Waals surface area contributed by atoms with E-state index >= 15 is 0 Å². The van der Waals surface area contributed by atoms with Crippen molar-refractivity contribution in [2.24, 2.45) is 5.84 Å². The molecule has 0 saturated heterocycles. The van der Waals surface area contributed by atoms with Crippen molar-refractivity contribution in [3.05, 3.63) is 24.3 Å². The Bertz CT molecular complexity index is 433. The number of halogens is 2. The highest BCUT2D eigenvalue weighted by Gasteiger charge is 2.15. The average molecular weight is 251 g/mol. The van der Waals surface area contributed by atoms with Crippen LogP contribution in [0.3, 0.4) is 0 Å². The third kappa shape index (κ3) is 3.40. The highest BCUT2D eigenvalue weighted by Crippen LogP contribution is 2.12. The van der Waals surface area contributed by atoms with Crippen LogP contribution in [0.15, 0.2) is 29.2 Å². The molecule has 1 rings (SSSR count). The van der Waals surface area contributed by atoms with Gasteiger partial charge in [0.2, 0.25) is 10.0 Å². The van der Waals surface area contributed by atoms with Crippen molar-refractivity contribution in [3.63, 3.8) is 0 Å². The first-order valence-corrected chi connectivity index (χ1v) is 5.78. The van der Waals surface area contributed by atoms with Crippen molar-refractivity contribution in [3.8, 4) is 0 Å². The van der Waals surface area contributed by atoms with Crippen molar-refractivity contribution < 1.29 is 17.2 Å². The zero-order valence-electron chi connectivity index (χ0n) is 8.15. The number of hydrogen-bond donors (Lipinski definition) is 3. The van der Waals surface area contributed by atoms with Crippen molar-refractivity contribution in [1.82, 2.24) is 4.72 Å². The van der Waals surface area contributed by atoms with E-state index in [-0.39, 0.29) is 4.90 Å². The number of hydrazine groups is 1. The van der Waals surface area contributed by atoms with Gasteiger partial charge in [-0.2, -0.15) is 0 Å². The number of hydrogen-bond acceptors (Lipinski definition) is 4. The van der Waals surface area contributed by atoms with Crippen LogP contribution in [0.4, 0.5) is 14.5 Å². The largest absolute Gasteiger partial charge is 0.324 e. The third-order valence-corrected chi connectivity index (χ3v) is 3.20. The first-order valence-electron chi connectivity index (χ1n) is 4.30. The van der Waals surface area contributed by atoms with Gasteiger partial charge in [-0.3, -0.25) is 5.84 Å². The summed E-state index contributed by atoms with van der Waals surface area (Å²) in [5, 5.41) is 0. The molecule has 0 saturated carbocycles. The summed E-state index contributed by atoms with van der Waals surface area (Å²) < 4.78 is 48.4. The number of rotatable bonds is 5. The summed E-state index contributed by atoms with van der Waals surface area (Å²) in [6, 6.07) is 5.39. The number of alkyl halides is 2. The highest BCUT2D eigenvalue weighted by molar-refractivity contribution is 7.89. The molecule has 90 valence electrons. The van der Waals surface area contributed by atoms with E-state index in [4.69, 9.17) is 5.84 Å². The molecule has 0 aliphatic heterocycles. The number of benzene rings is 1. The Morgan fingerprint density at radius 3 is 2.25 bits per heavy atom. The number of nitrogens with two attached hydrogens (primary N) is 1. The van der Waals surface area contributed by atoms with Crippen LogP contribution in [0.1, 0.15) is 0 Å². The topological polar surface area (TPSA) is 84.2 Å². The fourth-order valence-corrected chi connectivity index (χ4v) is 1.99. The van der Waals surface area contributed by atoms with Gasteiger partial charge >= 0.3 is 0 Å². The molecule has 0 amide bonds. The van der Waals surface area contributed by atoms with Gasteiger partial charge in [0.05, 0.1) is 11.4 Å². The van der Waals surface area contributed by atoms with Crippen LogP contribution >= 0.6 is 0 Å². The number of nitrogen functional groups attached to an aromatic ring is 1. The van der Waals surface area contributed by atoms with E-state index in [9.17, 15) is 17.2 Å². The Morgan fingerprint density at radius 2 is 1.81 bits per heavy atom. The Balaban J connectivity index is 2.82. The van der Waals surface area contributed by atoms with Crippen LogP contribution in [0.2, 0.25) is 0 Å². The summed E-state index contributed by atoms with van der Waals surface area (Å²) in [7, 11) is -3.88. The quantitative estimate of drug-likeness (QED) is 0.526. The van der Waals surface area contributed by atoms with Gasteiger partial charge in [0.25, 0.3) is 6.43 Å². The second kappa shape index (κ2) is 5.19. The van der Waals surface area contributed by atoms with Crippen LogP contribution < -0.4 is 16.0 Å². The predicted octanol–water partition coefficient (Wildman–Crippen LogP) is 0.516. The Hall–Kier alpha value is -1.25. The van der Waals surface area contributed by atoms with Gasteiger partial charge in [0, 0.05) is 5.69 Å². The Kier molecular flexibility index (Phi) is 4.16. The van der Waals surface area contributed by atoms with E-state index in [0.717, 1.165) is 0 Å². The van der Waals surface area contributed by atoms with E-state index in [1.54, 1.807) is 4.72 Å². The summed E-state index contributed by atoms with van der Waals surface area (Å²) in [5.74, 6) is 5.09. The molecule has 4 N–H and O–H groups in total. The lowest BCUT2D eigenvalue weighted by Gasteiger charge is -2.06. The molecule has 16 heavy (non-hydrogen) atoms. The first-order chi connectivity index (χ1) is 7.45. The maximum Gasteiger partial charge on any atom is 0.251 e. The van der Waals surface area contributed by atoms with Crippen LogP contribution in [-0.4, -0.2) is 21.4 Å². The van der Waals surface area contributed by atoms with Gasteiger partial charge in [0.15, 0.2) is 0 Å². The SMILES string of the molecule is NNc1ccc(S(=O)(=O)NCC(F)F)cc1. The van der Waals surface area contributed by atoms with Gasteiger partial charge in [-0.1, -0.05) is 0 Å². The normalized spacial score (nSPS) is 11.8. The van der Waals surface area contributed by atoms with Crippen LogP contribution in [0.25, 0.3) is 0 Å². The summed E-state index contributed by atoms with van der Waals surface area (Å²) in [6.45, 7) is -0.904. The van der Waals surface area contributed by atoms with E-state index in [1.807, 2.05) is 0 Å². The number of nitrogens with one attached hydrogen (secondary N) is 2. The minimum absolute atomic E-state index is 0.0906. The Labute approximate surface area is 91.7 Å². The molecular weight excluding hydrogens is 240 g/mol. The monoisotopic (exact) mass is 251 g/mol. The predicted molar refractivity (Wildman–Crippen MR) is 55.4 cm³/mol. The molecule has 1 aromatic rings. The van der Waals surface area contributed by atoms with E-state index < -0.39 is 23.0 Å². The maximum atomic E-state index is 11.8. The lowest BCUT2D eigenvalue weighted by atomic mass is 10.3. The molecule has 1 aromatic carbocycles. The average Bonchev–Trinajstić information content (AvgIpc) is 2.27. The summed E-state index contributed by atoms with van der Waals surface area (Å²) in [6.07, 6.45) is -2.72. The van der Waals surface area contributed by atoms with Crippen molar-refractivity contribution in [2.75, 3.05) is 12.0 Å². The van der Waals surface area contributed by atoms with E-state index in [1.165, 1.54) is 24.3 Å². The minimum Gasteiger partial charge on any atom is -0.324 e. The fraction of sp³-hybridized carbons (Fsp3) is 0.250. The van der Waals surface area contributed by atoms with Crippen LogP contribution in [0, 0.1) is 0 Å². The molecule has 0 bridgehead atoms. The number of sulfonamides is 1. The van der Waals surface area contributed by atoms with Gasteiger partial charge in [-0.25, -0.2) is 21.9 Å². The number of anilines is 1. The molecule has 5 nitrogen and oxygen atoms in total. The Morgan fingerprint density at radius 1 is 1.25 bits per heavy atom. The zero-order valence-corrected chi connectivity index (χ0v) is 8.97. The van der Waals surface area contributed by atoms with Gasteiger partial charge in [0.1, 0.15) is 0 Å². The molecule has 0 spiro atoms. The van der Waals surface area contributed by atoms with Gasteiger partial charge in [-0.15, -0.1) is 0 Å². The van der Waals surface area contributed by atoms with Gasteiger partial charge in [-0.05, 0) is 24.3 Å². The fourth-order valence-electron chi connectivity index (χ4n) is 0.986. The standard InChI is InChI=1S/C8H11F2N3O2S/c9-8(10)5-12-16(14,15)7-3-1-6(13-11)2-4-7/h1-4,8,12-13H,5,11H2. The van der Waals surface area contributed by atoms with Crippen LogP contribution in [0.5, 0.6) is 0 Å². The molecule has 0 atom stereocenters. The second-order valence-electron chi connectivity index (χ2n) is 2.91. The lowest BCUT2D eigenvalue weighted by molar-refractivity contribution is 0.153. The van der Waals surface area contributed by atoms with Crippen molar-refractivity contribution >= 4 is 15.7 Å². The molecular formula is C8H11F2N3O2S. The molecule has 0 aliphatic rings. The lowest BCUT2D eigenvalue weighted by Crippen LogP contribution is -2.28. The molecule has 0 unspecified atom stereocenters. The van der Waals surface area contributed by atoms with Crippen LogP contribution in [-0.2, 0) is 10.0 Å². The van der Waals surface area contributed by atoms with Crippen molar-refractivity contribution in [2.45, 2.75) is 11.3 Å². The molecule has 0 aliphatic carbocycles. The first kappa shape index (κ1) is 12.8. The van der Waals surface area contributed by atoms with E-state index in [0.29, 0.717) is 5.69 Å². The molecule has 0 radical (unpaired) electrons. The van der Waals surface area contributed by atoms with E-state index in [2.05, 4.69) is 5.43 Å². The zero-order chi connectivity index (χ0) is 12.2. The third-order valence-electron chi connectivity index (χ3n) is 1.76. The molecule has 8 heteroatoms. The summed E-state index contributed by atoms with van der Waals surface area (Å²) in [4.78, 5) is -0.0906. The van der Waals surface area contributed by atoms with Crippen molar-refractivity contribution in [1.29, 1.82) is 0 Å². The summed E-state index contributed by atoms with van der Waals surface area (Å²) >= 11 is 0.